The Morgan fingerprint density at radius 1 is 1.05 bits per heavy atom. The summed E-state index contributed by atoms with van der Waals surface area (Å²) in [5.41, 5.74) is 4.35. The first-order valence-corrected chi connectivity index (χ1v) is 7.83. The molecular formula is C18H16N2OS. The van der Waals surface area contributed by atoms with Crippen LogP contribution in [-0.2, 0) is 0 Å². The summed E-state index contributed by atoms with van der Waals surface area (Å²) in [6.07, 6.45) is 1.82. The SMILES string of the molecule is COc1ccc(/C=N/c2nc(-c3ccc(C)cc3)cs2)cc1. The normalized spacial score (nSPS) is 11.0. The van der Waals surface area contributed by atoms with Gasteiger partial charge >= 0.3 is 0 Å². The third-order valence-electron chi connectivity index (χ3n) is 3.28. The van der Waals surface area contributed by atoms with Gasteiger partial charge in [0.05, 0.1) is 12.8 Å². The van der Waals surface area contributed by atoms with Gasteiger partial charge in [0.2, 0.25) is 5.13 Å². The molecule has 0 aliphatic rings. The fraction of sp³-hybridized carbons (Fsp3) is 0.111. The number of aryl methyl sites for hydroxylation is 1. The zero-order valence-corrected chi connectivity index (χ0v) is 13.3. The summed E-state index contributed by atoms with van der Waals surface area (Å²) in [5.74, 6) is 0.841. The van der Waals surface area contributed by atoms with Gasteiger partial charge in [-0.3, -0.25) is 0 Å². The van der Waals surface area contributed by atoms with Crippen molar-refractivity contribution in [2.45, 2.75) is 6.92 Å². The van der Waals surface area contributed by atoms with Crippen LogP contribution in [0.1, 0.15) is 11.1 Å². The second-order valence-corrected chi connectivity index (χ2v) is 5.75. The summed E-state index contributed by atoms with van der Waals surface area (Å²) in [6, 6.07) is 16.1. The van der Waals surface area contributed by atoms with Crippen LogP contribution in [0.2, 0.25) is 0 Å². The minimum Gasteiger partial charge on any atom is -0.497 e. The number of hydrogen-bond acceptors (Lipinski definition) is 4. The van der Waals surface area contributed by atoms with Crippen LogP contribution >= 0.6 is 11.3 Å². The third-order valence-corrected chi connectivity index (χ3v) is 4.03. The van der Waals surface area contributed by atoms with Crippen molar-refractivity contribution in [1.82, 2.24) is 4.98 Å². The van der Waals surface area contributed by atoms with E-state index in [4.69, 9.17) is 4.74 Å². The Hall–Kier alpha value is -2.46. The molecule has 3 rings (SSSR count). The number of benzene rings is 2. The third kappa shape index (κ3) is 3.40. The van der Waals surface area contributed by atoms with E-state index in [1.165, 1.54) is 5.56 Å². The van der Waals surface area contributed by atoms with Crippen LogP contribution in [0.25, 0.3) is 11.3 Å². The van der Waals surface area contributed by atoms with Gasteiger partial charge in [0.25, 0.3) is 0 Å². The summed E-state index contributed by atoms with van der Waals surface area (Å²) in [5, 5.41) is 2.79. The molecule has 2 aromatic carbocycles. The first-order chi connectivity index (χ1) is 10.7. The molecule has 0 bridgehead atoms. The number of aliphatic imine (C=N–C) groups is 1. The Morgan fingerprint density at radius 2 is 1.77 bits per heavy atom. The Bertz CT molecular complexity index is 774. The van der Waals surface area contributed by atoms with E-state index in [9.17, 15) is 0 Å². The zero-order chi connectivity index (χ0) is 15.4. The maximum Gasteiger partial charge on any atom is 0.209 e. The van der Waals surface area contributed by atoms with Crippen molar-refractivity contribution in [3.63, 3.8) is 0 Å². The van der Waals surface area contributed by atoms with Crippen molar-refractivity contribution in [3.05, 3.63) is 65.0 Å². The number of hydrogen-bond donors (Lipinski definition) is 0. The van der Waals surface area contributed by atoms with Crippen molar-refractivity contribution in [3.8, 4) is 17.0 Å². The Morgan fingerprint density at radius 3 is 2.45 bits per heavy atom. The van der Waals surface area contributed by atoms with Crippen molar-refractivity contribution < 1.29 is 4.74 Å². The molecule has 0 saturated heterocycles. The summed E-state index contributed by atoms with van der Waals surface area (Å²) in [7, 11) is 1.66. The van der Waals surface area contributed by atoms with Gasteiger partial charge in [0.15, 0.2) is 0 Å². The molecule has 110 valence electrons. The number of nitrogens with zero attached hydrogens (tertiary/aromatic N) is 2. The number of rotatable bonds is 4. The minimum absolute atomic E-state index is 0.756. The first kappa shape index (κ1) is 14.5. The van der Waals surface area contributed by atoms with E-state index in [0.29, 0.717) is 0 Å². The van der Waals surface area contributed by atoms with Crippen LogP contribution in [0.3, 0.4) is 0 Å². The fourth-order valence-electron chi connectivity index (χ4n) is 2.00. The molecule has 0 atom stereocenters. The molecule has 0 aliphatic heterocycles. The number of thiazole rings is 1. The Balaban J connectivity index is 1.75. The fourth-order valence-corrected chi connectivity index (χ4v) is 2.67. The molecule has 0 N–H and O–H groups in total. The molecule has 1 heterocycles. The topological polar surface area (TPSA) is 34.5 Å². The van der Waals surface area contributed by atoms with E-state index in [1.54, 1.807) is 18.4 Å². The number of methoxy groups -OCH3 is 1. The van der Waals surface area contributed by atoms with E-state index in [-0.39, 0.29) is 0 Å². The van der Waals surface area contributed by atoms with E-state index in [0.717, 1.165) is 27.7 Å². The van der Waals surface area contributed by atoms with Crippen LogP contribution in [0.4, 0.5) is 5.13 Å². The molecule has 0 radical (unpaired) electrons. The van der Waals surface area contributed by atoms with Crippen molar-refractivity contribution in [2.24, 2.45) is 4.99 Å². The maximum atomic E-state index is 5.14. The molecule has 0 saturated carbocycles. The lowest BCUT2D eigenvalue weighted by molar-refractivity contribution is 0.415. The summed E-state index contributed by atoms with van der Waals surface area (Å²) in [4.78, 5) is 8.99. The maximum absolute atomic E-state index is 5.14. The molecule has 22 heavy (non-hydrogen) atoms. The molecule has 3 nitrogen and oxygen atoms in total. The quantitative estimate of drug-likeness (QED) is 0.644. The Kier molecular flexibility index (Phi) is 4.30. The number of ether oxygens (including phenoxy) is 1. The van der Waals surface area contributed by atoms with Gasteiger partial charge in [0.1, 0.15) is 5.75 Å². The predicted molar refractivity (Wildman–Crippen MR) is 92.5 cm³/mol. The summed E-state index contributed by atoms with van der Waals surface area (Å²) in [6.45, 7) is 2.08. The van der Waals surface area contributed by atoms with E-state index in [2.05, 4.69) is 41.2 Å². The zero-order valence-electron chi connectivity index (χ0n) is 12.5. The largest absolute Gasteiger partial charge is 0.497 e. The van der Waals surface area contributed by atoms with Gasteiger partial charge in [-0.25, -0.2) is 9.98 Å². The van der Waals surface area contributed by atoms with E-state index in [1.807, 2.05) is 35.9 Å². The monoisotopic (exact) mass is 308 g/mol. The van der Waals surface area contributed by atoms with Crippen LogP contribution in [0, 0.1) is 6.92 Å². The van der Waals surface area contributed by atoms with Gasteiger partial charge < -0.3 is 4.74 Å². The highest BCUT2D eigenvalue weighted by Crippen LogP contribution is 2.26. The van der Waals surface area contributed by atoms with Gasteiger partial charge in [-0.15, -0.1) is 11.3 Å². The van der Waals surface area contributed by atoms with Crippen LogP contribution in [0.15, 0.2) is 58.9 Å². The van der Waals surface area contributed by atoms with Crippen molar-refractivity contribution in [2.75, 3.05) is 7.11 Å². The molecule has 3 aromatic rings. The summed E-state index contributed by atoms with van der Waals surface area (Å²) >= 11 is 1.54. The molecule has 0 spiro atoms. The molecule has 0 fully saturated rings. The molecule has 1 aromatic heterocycles. The average Bonchev–Trinajstić information content (AvgIpc) is 3.03. The average molecular weight is 308 g/mol. The predicted octanol–water partition coefficient (Wildman–Crippen LogP) is 4.88. The van der Waals surface area contributed by atoms with Gasteiger partial charge in [0, 0.05) is 17.2 Å². The second-order valence-electron chi connectivity index (χ2n) is 4.91. The lowest BCUT2D eigenvalue weighted by Gasteiger charge is -1.98. The molecular weight excluding hydrogens is 292 g/mol. The van der Waals surface area contributed by atoms with E-state index < -0.39 is 0 Å². The standard InChI is InChI=1S/C18H16N2OS/c1-13-3-7-15(8-4-13)17-12-22-18(20-17)19-11-14-5-9-16(21-2)10-6-14/h3-12H,1-2H3/b19-11+. The Labute approximate surface area is 134 Å². The van der Waals surface area contributed by atoms with Gasteiger partial charge in [-0.05, 0) is 36.8 Å². The lowest BCUT2D eigenvalue weighted by atomic mass is 10.1. The van der Waals surface area contributed by atoms with E-state index >= 15 is 0 Å². The van der Waals surface area contributed by atoms with Crippen molar-refractivity contribution in [1.29, 1.82) is 0 Å². The number of aromatic nitrogens is 1. The first-order valence-electron chi connectivity index (χ1n) is 6.95. The minimum atomic E-state index is 0.756. The highest BCUT2D eigenvalue weighted by Gasteiger charge is 2.03. The smallest absolute Gasteiger partial charge is 0.209 e. The lowest BCUT2D eigenvalue weighted by Crippen LogP contribution is -1.84. The van der Waals surface area contributed by atoms with Crippen LogP contribution in [-0.4, -0.2) is 18.3 Å². The molecule has 0 unspecified atom stereocenters. The second kappa shape index (κ2) is 6.54. The van der Waals surface area contributed by atoms with Crippen LogP contribution < -0.4 is 4.74 Å². The van der Waals surface area contributed by atoms with Gasteiger partial charge in [-0.2, -0.15) is 0 Å². The molecule has 0 aliphatic carbocycles. The van der Waals surface area contributed by atoms with Crippen LogP contribution in [0.5, 0.6) is 5.75 Å². The van der Waals surface area contributed by atoms with Gasteiger partial charge in [-0.1, -0.05) is 29.8 Å². The molecule has 0 amide bonds. The highest BCUT2D eigenvalue weighted by molar-refractivity contribution is 7.13. The molecule has 4 heteroatoms. The highest BCUT2D eigenvalue weighted by atomic mass is 32.1. The summed E-state index contributed by atoms with van der Waals surface area (Å²) < 4.78 is 5.14. The van der Waals surface area contributed by atoms with Crippen molar-refractivity contribution >= 4 is 22.7 Å².